The predicted octanol–water partition coefficient (Wildman–Crippen LogP) is 3.32. The molecular weight excluding hydrogens is 310 g/mol. The van der Waals surface area contributed by atoms with Crippen LogP contribution in [0.3, 0.4) is 0 Å². The molecule has 23 heavy (non-hydrogen) atoms. The number of carbonyl (C=O) groups is 1. The maximum Gasteiger partial charge on any atom is 0.235 e. The van der Waals surface area contributed by atoms with Gasteiger partial charge in [0.25, 0.3) is 0 Å². The topological polar surface area (TPSA) is 50.5 Å². The first-order valence-corrected chi connectivity index (χ1v) is 9.12. The molecule has 1 aliphatic heterocycles. The Bertz CT molecular complexity index is 909. The van der Waals surface area contributed by atoms with Crippen LogP contribution < -0.4 is 0 Å². The second kappa shape index (κ2) is 5.81. The lowest BCUT2D eigenvalue weighted by Crippen LogP contribution is -2.31. The molecule has 1 fully saturated rings. The van der Waals surface area contributed by atoms with Gasteiger partial charge in [0.05, 0.1) is 10.8 Å². The first kappa shape index (κ1) is 14.5. The van der Waals surface area contributed by atoms with E-state index in [9.17, 15) is 9.00 Å². The third kappa shape index (κ3) is 2.65. The van der Waals surface area contributed by atoms with E-state index in [1.165, 1.54) is 0 Å². The Morgan fingerprint density at radius 3 is 2.61 bits per heavy atom. The van der Waals surface area contributed by atoms with E-state index < -0.39 is 10.8 Å². The smallest absolute Gasteiger partial charge is 0.235 e. The molecule has 1 unspecified atom stereocenters. The summed E-state index contributed by atoms with van der Waals surface area (Å²) in [6.07, 6.45) is 2.09. The van der Waals surface area contributed by atoms with E-state index in [1.807, 2.05) is 41.3 Å². The van der Waals surface area contributed by atoms with Gasteiger partial charge in [-0.3, -0.25) is 9.00 Å². The zero-order valence-corrected chi connectivity index (χ0v) is 13.5. The Morgan fingerprint density at radius 1 is 1.04 bits per heavy atom. The third-order valence-electron chi connectivity index (χ3n) is 4.32. The molecule has 2 aromatic carbocycles. The molecular formula is C18H17NO3S. The van der Waals surface area contributed by atoms with Crippen molar-refractivity contribution < 1.29 is 13.4 Å². The molecule has 1 saturated heterocycles. The number of carbonyl (C=O) groups excluding carboxylic acids is 1. The van der Waals surface area contributed by atoms with Crippen LogP contribution in [0.25, 0.3) is 21.9 Å². The highest BCUT2D eigenvalue weighted by atomic mass is 32.2. The largest absolute Gasteiger partial charge is 0.456 e. The van der Waals surface area contributed by atoms with Crippen LogP contribution in [-0.2, 0) is 15.6 Å². The SMILES string of the molecule is O=C(CS(=O)c1ccc2oc3ccccc3c2c1)N1CCCC1. The minimum atomic E-state index is -1.33. The number of benzene rings is 2. The van der Waals surface area contributed by atoms with Gasteiger partial charge in [0.1, 0.15) is 16.9 Å². The minimum absolute atomic E-state index is 0.0158. The number of amides is 1. The highest BCUT2D eigenvalue weighted by Crippen LogP contribution is 2.30. The van der Waals surface area contributed by atoms with E-state index in [0.717, 1.165) is 47.9 Å². The zero-order chi connectivity index (χ0) is 15.8. The number of fused-ring (bicyclic) bond motifs is 3. The number of hydrogen-bond acceptors (Lipinski definition) is 3. The molecule has 1 atom stereocenters. The van der Waals surface area contributed by atoms with Crippen molar-refractivity contribution in [3.8, 4) is 0 Å². The van der Waals surface area contributed by atoms with Gasteiger partial charge in [-0.25, -0.2) is 0 Å². The van der Waals surface area contributed by atoms with Crippen LogP contribution in [0.1, 0.15) is 12.8 Å². The lowest BCUT2D eigenvalue weighted by Gasteiger charge is -2.14. The maximum absolute atomic E-state index is 12.5. The van der Waals surface area contributed by atoms with Crippen molar-refractivity contribution in [2.75, 3.05) is 18.8 Å². The van der Waals surface area contributed by atoms with Gasteiger partial charge in [0.2, 0.25) is 5.91 Å². The van der Waals surface area contributed by atoms with Crippen molar-refractivity contribution in [3.05, 3.63) is 42.5 Å². The maximum atomic E-state index is 12.5. The third-order valence-corrected chi connectivity index (χ3v) is 5.61. The van der Waals surface area contributed by atoms with E-state index in [-0.39, 0.29) is 11.7 Å². The second-order valence-corrected chi connectivity index (χ2v) is 7.29. The predicted molar refractivity (Wildman–Crippen MR) is 90.8 cm³/mol. The van der Waals surface area contributed by atoms with Crippen LogP contribution in [0.5, 0.6) is 0 Å². The lowest BCUT2D eigenvalue weighted by molar-refractivity contribution is -0.127. The quantitative estimate of drug-likeness (QED) is 0.741. The molecule has 3 aromatic rings. The monoisotopic (exact) mass is 327 g/mol. The van der Waals surface area contributed by atoms with Crippen molar-refractivity contribution in [3.63, 3.8) is 0 Å². The van der Waals surface area contributed by atoms with Crippen molar-refractivity contribution in [1.82, 2.24) is 4.90 Å². The molecule has 118 valence electrons. The molecule has 0 spiro atoms. The molecule has 0 saturated carbocycles. The molecule has 0 N–H and O–H groups in total. The highest BCUT2D eigenvalue weighted by molar-refractivity contribution is 7.85. The number of nitrogens with zero attached hydrogens (tertiary/aromatic N) is 1. The Labute approximate surface area is 136 Å². The van der Waals surface area contributed by atoms with E-state index in [1.54, 1.807) is 6.07 Å². The molecule has 4 nitrogen and oxygen atoms in total. The average molecular weight is 327 g/mol. The molecule has 0 bridgehead atoms. The van der Waals surface area contributed by atoms with Gasteiger partial charge < -0.3 is 9.32 Å². The molecule has 0 aliphatic carbocycles. The fraction of sp³-hybridized carbons (Fsp3) is 0.278. The average Bonchev–Trinajstić information content (AvgIpc) is 3.22. The summed E-state index contributed by atoms with van der Waals surface area (Å²) in [5.74, 6) is 0.0411. The van der Waals surface area contributed by atoms with E-state index in [2.05, 4.69) is 0 Å². The normalized spacial score (nSPS) is 16.3. The Kier molecular flexibility index (Phi) is 3.65. The van der Waals surface area contributed by atoms with Crippen molar-refractivity contribution >= 4 is 38.6 Å². The molecule has 1 amide bonds. The summed E-state index contributed by atoms with van der Waals surface area (Å²) >= 11 is 0. The van der Waals surface area contributed by atoms with Gasteiger partial charge in [-0.15, -0.1) is 0 Å². The van der Waals surface area contributed by atoms with Gasteiger partial charge >= 0.3 is 0 Å². The van der Waals surface area contributed by atoms with Crippen LogP contribution in [0.15, 0.2) is 51.8 Å². The molecule has 1 aromatic heterocycles. The van der Waals surface area contributed by atoms with E-state index >= 15 is 0 Å². The van der Waals surface area contributed by atoms with Crippen LogP contribution in [-0.4, -0.2) is 33.9 Å². The van der Waals surface area contributed by atoms with Crippen molar-refractivity contribution in [2.45, 2.75) is 17.7 Å². The number of furan rings is 1. The molecule has 2 heterocycles. The fourth-order valence-corrected chi connectivity index (χ4v) is 4.14. The van der Waals surface area contributed by atoms with Crippen molar-refractivity contribution in [1.29, 1.82) is 0 Å². The van der Waals surface area contributed by atoms with Gasteiger partial charge in [-0.2, -0.15) is 0 Å². The second-order valence-electron chi connectivity index (χ2n) is 5.83. The van der Waals surface area contributed by atoms with Crippen LogP contribution in [0.4, 0.5) is 0 Å². The summed E-state index contributed by atoms with van der Waals surface area (Å²) in [5, 5.41) is 1.95. The number of rotatable bonds is 3. The summed E-state index contributed by atoms with van der Waals surface area (Å²) in [6.45, 7) is 1.59. The number of hydrogen-bond donors (Lipinski definition) is 0. The van der Waals surface area contributed by atoms with E-state index in [0.29, 0.717) is 4.90 Å². The van der Waals surface area contributed by atoms with Crippen molar-refractivity contribution in [2.24, 2.45) is 0 Å². The fourth-order valence-electron chi connectivity index (χ4n) is 3.10. The molecule has 0 radical (unpaired) electrons. The summed E-state index contributed by atoms with van der Waals surface area (Å²) in [6, 6.07) is 13.3. The zero-order valence-electron chi connectivity index (χ0n) is 12.7. The molecule has 4 rings (SSSR count). The summed E-state index contributed by atoms with van der Waals surface area (Å²) in [5.41, 5.74) is 1.59. The van der Waals surface area contributed by atoms with Gasteiger partial charge in [0.15, 0.2) is 0 Å². The highest BCUT2D eigenvalue weighted by Gasteiger charge is 2.21. The van der Waals surface area contributed by atoms with Gasteiger partial charge in [-0.1, -0.05) is 18.2 Å². The summed E-state index contributed by atoms with van der Waals surface area (Å²) < 4.78 is 18.3. The van der Waals surface area contributed by atoms with Gasteiger partial charge in [-0.05, 0) is 37.1 Å². The van der Waals surface area contributed by atoms with Crippen LogP contribution >= 0.6 is 0 Å². The number of likely N-dealkylation sites (tertiary alicyclic amines) is 1. The first-order chi connectivity index (χ1) is 11.2. The molecule has 1 aliphatic rings. The van der Waals surface area contributed by atoms with Crippen LogP contribution in [0, 0.1) is 0 Å². The summed E-state index contributed by atoms with van der Waals surface area (Å²) in [7, 11) is -1.33. The number of para-hydroxylation sites is 1. The minimum Gasteiger partial charge on any atom is -0.456 e. The standard InChI is InChI=1S/C18H17NO3S/c20-18(19-9-3-4-10-19)12-23(21)13-7-8-17-15(11-13)14-5-1-2-6-16(14)22-17/h1-2,5-8,11H,3-4,9-10,12H2. The lowest BCUT2D eigenvalue weighted by atomic mass is 10.1. The first-order valence-electron chi connectivity index (χ1n) is 7.80. The van der Waals surface area contributed by atoms with Crippen LogP contribution in [0.2, 0.25) is 0 Å². The molecule has 5 heteroatoms. The summed E-state index contributed by atoms with van der Waals surface area (Å²) in [4.78, 5) is 14.7. The Balaban J connectivity index is 1.64. The van der Waals surface area contributed by atoms with Gasteiger partial charge in [0, 0.05) is 28.8 Å². The van der Waals surface area contributed by atoms with E-state index in [4.69, 9.17) is 4.42 Å². The Morgan fingerprint density at radius 2 is 1.78 bits per heavy atom. The Hall–Kier alpha value is -2.14.